The molecule has 3 aromatic rings. The zero-order chi connectivity index (χ0) is 16.2. The number of carbonyl (C=O) groups is 1. The highest BCUT2D eigenvalue weighted by Gasteiger charge is 2.05. The Hall–Kier alpha value is -2.28. The van der Waals surface area contributed by atoms with Gasteiger partial charge in [-0.05, 0) is 89.7 Å². The second kappa shape index (κ2) is 6.87. The van der Waals surface area contributed by atoms with Crippen molar-refractivity contribution in [2.75, 3.05) is 10.6 Å². The molecule has 5 heteroatoms. The lowest BCUT2D eigenvalue weighted by atomic mass is 10.2. The van der Waals surface area contributed by atoms with E-state index in [9.17, 15) is 4.79 Å². The van der Waals surface area contributed by atoms with Gasteiger partial charge in [-0.1, -0.05) is 0 Å². The quantitative estimate of drug-likeness (QED) is 0.577. The van der Waals surface area contributed by atoms with Crippen LogP contribution in [0.5, 0.6) is 0 Å². The first-order chi connectivity index (χ1) is 11.1. The topological polar surface area (TPSA) is 46.1 Å². The van der Waals surface area contributed by atoms with Crippen molar-refractivity contribution >= 4 is 40.0 Å². The molecule has 3 rings (SSSR count). The van der Waals surface area contributed by atoms with E-state index in [4.69, 9.17) is 0 Å². The Morgan fingerprint density at radius 3 is 2.35 bits per heavy atom. The maximum Gasteiger partial charge on any atom is 0.323 e. The van der Waals surface area contributed by atoms with Crippen LogP contribution in [0.2, 0.25) is 0 Å². The summed E-state index contributed by atoms with van der Waals surface area (Å²) in [5.41, 5.74) is 3.65. The van der Waals surface area contributed by atoms with Gasteiger partial charge in [-0.25, -0.2) is 4.79 Å². The van der Waals surface area contributed by atoms with Crippen LogP contribution in [-0.2, 0) is 0 Å². The van der Waals surface area contributed by atoms with Crippen molar-refractivity contribution in [3.63, 3.8) is 0 Å². The number of aromatic nitrogens is 1. The zero-order valence-electron chi connectivity index (χ0n) is 12.6. The SMILES string of the molecule is Cc1cc(I)ccc1NC(=O)Nc1ccc(-n2cccc2)cc1. The molecule has 0 atom stereocenters. The highest BCUT2D eigenvalue weighted by atomic mass is 127. The third-order valence-electron chi connectivity index (χ3n) is 3.46. The first-order valence-corrected chi connectivity index (χ1v) is 8.27. The van der Waals surface area contributed by atoms with Crippen LogP contribution < -0.4 is 10.6 Å². The first-order valence-electron chi connectivity index (χ1n) is 7.19. The van der Waals surface area contributed by atoms with Gasteiger partial charge in [0.05, 0.1) is 0 Å². The van der Waals surface area contributed by atoms with Crippen LogP contribution in [0.4, 0.5) is 16.2 Å². The number of hydrogen-bond acceptors (Lipinski definition) is 1. The molecule has 2 aromatic carbocycles. The number of benzene rings is 2. The fourth-order valence-corrected chi connectivity index (χ4v) is 2.92. The van der Waals surface area contributed by atoms with Crippen LogP contribution in [0.25, 0.3) is 5.69 Å². The average Bonchev–Trinajstić information content (AvgIpc) is 3.05. The predicted molar refractivity (Wildman–Crippen MR) is 102 cm³/mol. The van der Waals surface area contributed by atoms with Crippen LogP contribution in [0, 0.1) is 10.5 Å². The highest BCUT2D eigenvalue weighted by molar-refractivity contribution is 14.1. The van der Waals surface area contributed by atoms with Gasteiger partial charge in [-0.3, -0.25) is 0 Å². The van der Waals surface area contributed by atoms with E-state index in [2.05, 4.69) is 33.2 Å². The number of hydrogen-bond donors (Lipinski definition) is 2. The molecule has 0 aliphatic rings. The van der Waals surface area contributed by atoms with E-state index in [1.807, 2.05) is 78.5 Å². The minimum Gasteiger partial charge on any atom is -0.324 e. The first kappa shape index (κ1) is 15.6. The van der Waals surface area contributed by atoms with Crippen molar-refractivity contribution in [2.24, 2.45) is 0 Å². The number of halogens is 1. The number of aryl methyl sites for hydroxylation is 1. The van der Waals surface area contributed by atoms with Gasteiger partial charge in [0.2, 0.25) is 0 Å². The predicted octanol–water partition coefficient (Wildman–Crippen LogP) is 5.03. The summed E-state index contributed by atoms with van der Waals surface area (Å²) in [6.07, 6.45) is 3.96. The Morgan fingerprint density at radius 2 is 1.70 bits per heavy atom. The Labute approximate surface area is 148 Å². The molecule has 0 radical (unpaired) electrons. The molecule has 0 fully saturated rings. The van der Waals surface area contributed by atoms with E-state index in [0.29, 0.717) is 0 Å². The van der Waals surface area contributed by atoms with E-state index in [1.54, 1.807) is 0 Å². The molecule has 1 heterocycles. The van der Waals surface area contributed by atoms with Crippen molar-refractivity contribution in [1.29, 1.82) is 0 Å². The third kappa shape index (κ3) is 3.92. The number of carbonyl (C=O) groups excluding carboxylic acids is 1. The second-order valence-corrected chi connectivity index (χ2v) is 6.42. The van der Waals surface area contributed by atoms with Gasteiger partial charge in [-0.2, -0.15) is 0 Å². The molecule has 0 saturated heterocycles. The minimum atomic E-state index is -0.247. The van der Waals surface area contributed by atoms with E-state index in [0.717, 1.165) is 26.2 Å². The van der Waals surface area contributed by atoms with Crippen LogP contribution in [0.1, 0.15) is 5.56 Å². The molecular weight excluding hydrogens is 401 g/mol. The zero-order valence-corrected chi connectivity index (χ0v) is 14.7. The van der Waals surface area contributed by atoms with E-state index >= 15 is 0 Å². The third-order valence-corrected chi connectivity index (χ3v) is 4.14. The molecular formula is C18H16IN3O. The Kier molecular flexibility index (Phi) is 4.66. The van der Waals surface area contributed by atoms with E-state index in [1.165, 1.54) is 0 Å². The standard InChI is InChI=1S/C18H16IN3O/c1-13-12-14(19)4-9-17(13)21-18(23)20-15-5-7-16(8-6-15)22-10-2-3-11-22/h2-12H,1H3,(H2,20,21,23). The maximum absolute atomic E-state index is 12.1. The Balaban J connectivity index is 1.66. The molecule has 2 amide bonds. The summed E-state index contributed by atoms with van der Waals surface area (Å²) in [4.78, 5) is 12.1. The summed E-state index contributed by atoms with van der Waals surface area (Å²) < 4.78 is 3.16. The van der Waals surface area contributed by atoms with Gasteiger partial charge < -0.3 is 15.2 Å². The van der Waals surface area contributed by atoms with Crippen molar-refractivity contribution in [2.45, 2.75) is 6.92 Å². The normalized spacial score (nSPS) is 10.3. The van der Waals surface area contributed by atoms with Gasteiger partial charge in [0, 0.05) is 33.0 Å². The number of rotatable bonds is 3. The molecule has 0 bridgehead atoms. The molecule has 23 heavy (non-hydrogen) atoms. The number of urea groups is 1. The lowest BCUT2D eigenvalue weighted by Crippen LogP contribution is -2.20. The number of nitrogens with one attached hydrogen (secondary N) is 2. The van der Waals surface area contributed by atoms with E-state index in [-0.39, 0.29) is 6.03 Å². The van der Waals surface area contributed by atoms with Gasteiger partial charge >= 0.3 is 6.03 Å². The summed E-state index contributed by atoms with van der Waals surface area (Å²) in [6.45, 7) is 1.98. The molecule has 0 spiro atoms. The van der Waals surface area contributed by atoms with Crippen molar-refractivity contribution in [3.05, 3.63) is 76.1 Å². The fourth-order valence-electron chi connectivity index (χ4n) is 2.28. The number of anilines is 2. The largest absolute Gasteiger partial charge is 0.324 e. The monoisotopic (exact) mass is 417 g/mol. The molecule has 0 unspecified atom stereocenters. The van der Waals surface area contributed by atoms with Gasteiger partial charge in [0.25, 0.3) is 0 Å². The summed E-state index contributed by atoms with van der Waals surface area (Å²) in [5.74, 6) is 0. The Morgan fingerprint density at radius 1 is 1.00 bits per heavy atom. The van der Waals surface area contributed by atoms with Crippen LogP contribution in [0.15, 0.2) is 67.0 Å². The molecule has 0 saturated carbocycles. The molecule has 1 aromatic heterocycles. The van der Waals surface area contributed by atoms with Crippen LogP contribution >= 0.6 is 22.6 Å². The minimum absolute atomic E-state index is 0.247. The fraction of sp³-hybridized carbons (Fsp3) is 0.0556. The average molecular weight is 417 g/mol. The van der Waals surface area contributed by atoms with Gasteiger partial charge in [-0.15, -0.1) is 0 Å². The van der Waals surface area contributed by atoms with Gasteiger partial charge in [0.1, 0.15) is 0 Å². The smallest absolute Gasteiger partial charge is 0.323 e. The lowest BCUT2D eigenvalue weighted by Gasteiger charge is -2.11. The van der Waals surface area contributed by atoms with Crippen molar-refractivity contribution in [1.82, 2.24) is 4.57 Å². The van der Waals surface area contributed by atoms with E-state index < -0.39 is 0 Å². The summed E-state index contributed by atoms with van der Waals surface area (Å²) >= 11 is 2.25. The second-order valence-electron chi connectivity index (χ2n) is 5.18. The van der Waals surface area contributed by atoms with Crippen molar-refractivity contribution in [3.8, 4) is 5.69 Å². The molecule has 4 nitrogen and oxygen atoms in total. The lowest BCUT2D eigenvalue weighted by molar-refractivity contribution is 0.262. The molecule has 0 aliphatic heterocycles. The highest BCUT2D eigenvalue weighted by Crippen LogP contribution is 2.18. The summed E-state index contributed by atoms with van der Waals surface area (Å²) in [6, 6.07) is 17.3. The Bertz CT molecular complexity index is 811. The molecule has 0 aliphatic carbocycles. The van der Waals surface area contributed by atoms with Crippen LogP contribution in [0.3, 0.4) is 0 Å². The number of amides is 2. The maximum atomic E-state index is 12.1. The molecule has 116 valence electrons. The van der Waals surface area contributed by atoms with Crippen LogP contribution in [-0.4, -0.2) is 10.6 Å². The van der Waals surface area contributed by atoms with Gasteiger partial charge in [0.15, 0.2) is 0 Å². The number of nitrogens with zero attached hydrogens (tertiary/aromatic N) is 1. The van der Waals surface area contributed by atoms with Crippen molar-refractivity contribution < 1.29 is 4.79 Å². The molecule has 2 N–H and O–H groups in total. The summed E-state index contributed by atoms with van der Waals surface area (Å²) in [7, 11) is 0. The summed E-state index contributed by atoms with van der Waals surface area (Å²) in [5, 5.41) is 5.71.